The first kappa shape index (κ1) is 22.9. The van der Waals surface area contributed by atoms with Crippen molar-refractivity contribution in [1.29, 1.82) is 0 Å². The second kappa shape index (κ2) is 8.93. The minimum absolute atomic E-state index is 0.0203. The Morgan fingerprint density at radius 1 is 1.25 bits per heavy atom. The Hall–Kier alpha value is -2.27. The largest absolute Gasteiger partial charge is 0.326 e. The van der Waals surface area contributed by atoms with Crippen molar-refractivity contribution >= 4 is 54.8 Å². The number of aromatic nitrogens is 2. The van der Waals surface area contributed by atoms with Gasteiger partial charge in [-0.1, -0.05) is 11.6 Å². The van der Waals surface area contributed by atoms with Crippen molar-refractivity contribution in [2.75, 3.05) is 18.4 Å². The fourth-order valence-electron chi connectivity index (χ4n) is 3.72. The topological polar surface area (TPSA) is 101 Å². The molecule has 0 unspecified atom stereocenters. The van der Waals surface area contributed by atoms with Crippen molar-refractivity contribution < 1.29 is 13.2 Å². The maximum absolute atomic E-state index is 12.9. The molecule has 4 rings (SSSR count). The number of carbonyl (C=O) groups excluding carboxylic acids is 1. The van der Waals surface area contributed by atoms with E-state index in [9.17, 15) is 18.0 Å². The van der Waals surface area contributed by atoms with Crippen LogP contribution < -0.4 is 10.9 Å². The third-order valence-corrected chi connectivity index (χ3v) is 9.13. The first-order valence-corrected chi connectivity index (χ1v) is 12.9. The Bertz CT molecular complexity index is 1360. The maximum Gasteiger partial charge on any atom is 0.262 e. The summed E-state index contributed by atoms with van der Waals surface area (Å²) in [5.41, 5.74) is 1.08. The van der Waals surface area contributed by atoms with Crippen LogP contribution in [0, 0.1) is 13.8 Å². The van der Waals surface area contributed by atoms with Gasteiger partial charge in [0, 0.05) is 36.6 Å². The van der Waals surface area contributed by atoms with E-state index in [0.717, 1.165) is 23.3 Å². The van der Waals surface area contributed by atoms with Gasteiger partial charge in [0.15, 0.2) is 0 Å². The number of hydrogen-bond acceptors (Lipinski definition) is 6. The Kier molecular flexibility index (Phi) is 6.39. The minimum Gasteiger partial charge on any atom is -0.326 e. The normalized spacial score (nSPS) is 14.8. The van der Waals surface area contributed by atoms with Gasteiger partial charge in [-0.2, -0.15) is 4.31 Å². The highest BCUT2D eigenvalue weighted by molar-refractivity contribution is 7.89. The Labute approximate surface area is 194 Å². The molecule has 3 aromatic rings. The standard InChI is InChI=1S/C21H23ClN4O4S2/c1-13-14(2)31-20-19(13)21(28)25(12-23-20)10-7-18(27)24-15-5-6-16(22)17(11-15)32(29,30)26-8-3-4-9-26/h5-6,11-12H,3-4,7-10H2,1-2H3,(H,24,27). The number of anilines is 1. The van der Waals surface area contributed by atoms with E-state index in [4.69, 9.17) is 11.6 Å². The molecular formula is C21H23ClN4O4S2. The molecule has 170 valence electrons. The molecular weight excluding hydrogens is 472 g/mol. The minimum atomic E-state index is -3.71. The van der Waals surface area contributed by atoms with Crippen LogP contribution in [-0.2, 0) is 21.4 Å². The molecule has 0 radical (unpaired) electrons. The molecule has 32 heavy (non-hydrogen) atoms. The van der Waals surface area contributed by atoms with Gasteiger partial charge in [-0.15, -0.1) is 11.3 Å². The van der Waals surface area contributed by atoms with Gasteiger partial charge < -0.3 is 5.32 Å². The molecule has 11 heteroatoms. The molecule has 1 aromatic carbocycles. The predicted octanol–water partition coefficient (Wildman–Crippen LogP) is 3.54. The van der Waals surface area contributed by atoms with Crippen LogP contribution in [0.15, 0.2) is 34.2 Å². The highest BCUT2D eigenvalue weighted by Gasteiger charge is 2.29. The number of sulfonamides is 1. The summed E-state index contributed by atoms with van der Waals surface area (Å²) in [6.45, 7) is 4.93. The number of rotatable bonds is 6. The van der Waals surface area contributed by atoms with Gasteiger partial charge in [0.05, 0.1) is 16.7 Å². The fourth-order valence-corrected chi connectivity index (χ4v) is 6.73. The molecule has 0 bridgehead atoms. The number of amides is 1. The van der Waals surface area contributed by atoms with Crippen LogP contribution in [0.4, 0.5) is 5.69 Å². The van der Waals surface area contributed by atoms with E-state index in [0.29, 0.717) is 29.0 Å². The lowest BCUT2D eigenvalue weighted by Crippen LogP contribution is -2.28. The van der Waals surface area contributed by atoms with Crippen molar-refractivity contribution in [2.24, 2.45) is 0 Å². The highest BCUT2D eigenvalue weighted by Crippen LogP contribution is 2.30. The molecule has 1 aliphatic heterocycles. The van der Waals surface area contributed by atoms with E-state index in [1.54, 1.807) is 6.07 Å². The predicted molar refractivity (Wildman–Crippen MR) is 126 cm³/mol. The molecule has 1 N–H and O–H groups in total. The van der Waals surface area contributed by atoms with Crippen molar-refractivity contribution in [1.82, 2.24) is 13.9 Å². The summed E-state index contributed by atoms with van der Waals surface area (Å²) >= 11 is 7.63. The van der Waals surface area contributed by atoms with E-state index >= 15 is 0 Å². The first-order chi connectivity index (χ1) is 15.2. The zero-order chi connectivity index (χ0) is 23.0. The van der Waals surface area contributed by atoms with E-state index in [1.165, 1.54) is 38.7 Å². The number of benzene rings is 1. The summed E-state index contributed by atoms with van der Waals surface area (Å²) in [6.07, 6.45) is 3.12. The lowest BCUT2D eigenvalue weighted by atomic mass is 10.2. The zero-order valence-corrected chi connectivity index (χ0v) is 20.1. The SMILES string of the molecule is Cc1sc2ncn(CCC(=O)Nc3ccc(Cl)c(S(=O)(=O)N4CCCC4)c3)c(=O)c2c1C. The third kappa shape index (κ3) is 4.32. The summed E-state index contributed by atoms with van der Waals surface area (Å²) in [5.74, 6) is -0.345. The van der Waals surface area contributed by atoms with Crippen LogP contribution in [0.2, 0.25) is 5.02 Å². The van der Waals surface area contributed by atoms with E-state index in [1.807, 2.05) is 13.8 Å². The third-order valence-electron chi connectivity index (χ3n) is 5.63. The fraction of sp³-hybridized carbons (Fsp3) is 0.381. The zero-order valence-electron chi connectivity index (χ0n) is 17.7. The van der Waals surface area contributed by atoms with Gasteiger partial charge in [-0.25, -0.2) is 13.4 Å². The summed E-state index contributed by atoms with van der Waals surface area (Å²) in [5, 5.41) is 3.40. The van der Waals surface area contributed by atoms with E-state index in [-0.39, 0.29) is 34.4 Å². The van der Waals surface area contributed by atoms with Crippen molar-refractivity contribution in [2.45, 2.75) is 44.6 Å². The summed E-state index contributed by atoms with van der Waals surface area (Å²) in [4.78, 5) is 31.3. The Balaban J connectivity index is 1.48. The van der Waals surface area contributed by atoms with Crippen LogP contribution in [0.1, 0.15) is 29.7 Å². The molecule has 3 heterocycles. The lowest BCUT2D eigenvalue weighted by molar-refractivity contribution is -0.116. The first-order valence-electron chi connectivity index (χ1n) is 10.2. The molecule has 0 aliphatic carbocycles. The van der Waals surface area contributed by atoms with Crippen molar-refractivity contribution in [3.63, 3.8) is 0 Å². The number of aryl methyl sites for hydroxylation is 3. The molecule has 1 aliphatic rings. The maximum atomic E-state index is 12.9. The van der Waals surface area contributed by atoms with Gasteiger partial charge in [0.2, 0.25) is 15.9 Å². The van der Waals surface area contributed by atoms with Gasteiger partial charge in [-0.3, -0.25) is 14.2 Å². The smallest absolute Gasteiger partial charge is 0.262 e. The van der Waals surface area contributed by atoms with Crippen LogP contribution in [0.5, 0.6) is 0 Å². The van der Waals surface area contributed by atoms with Crippen LogP contribution in [0.3, 0.4) is 0 Å². The average Bonchev–Trinajstić information content (AvgIpc) is 3.38. The van der Waals surface area contributed by atoms with Gasteiger partial charge >= 0.3 is 0 Å². The molecule has 1 fully saturated rings. The molecule has 0 spiro atoms. The Morgan fingerprint density at radius 3 is 2.69 bits per heavy atom. The van der Waals surface area contributed by atoms with Gasteiger partial charge in [0.1, 0.15) is 9.73 Å². The lowest BCUT2D eigenvalue weighted by Gasteiger charge is -2.17. The quantitative estimate of drug-likeness (QED) is 0.564. The van der Waals surface area contributed by atoms with E-state index < -0.39 is 10.0 Å². The second-order valence-corrected chi connectivity index (χ2v) is 11.3. The highest BCUT2D eigenvalue weighted by atomic mass is 35.5. The molecule has 0 saturated carbocycles. The van der Waals surface area contributed by atoms with Crippen LogP contribution in [-0.4, -0.2) is 41.3 Å². The molecule has 8 nitrogen and oxygen atoms in total. The molecule has 1 amide bonds. The molecule has 1 saturated heterocycles. The van der Waals surface area contributed by atoms with Gasteiger partial charge in [0.25, 0.3) is 5.56 Å². The summed E-state index contributed by atoms with van der Waals surface area (Å²) in [6, 6.07) is 4.40. The summed E-state index contributed by atoms with van der Waals surface area (Å²) in [7, 11) is -3.71. The number of fused-ring (bicyclic) bond motifs is 1. The molecule has 0 atom stereocenters. The van der Waals surface area contributed by atoms with Crippen molar-refractivity contribution in [3.05, 3.63) is 50.3 Å². The molecule has 2 aromatic heterocycles. The average molecular weight is 495 g/mol. The second-order valence-electron chi connectivity index (χ2n) is 7.76. The number of nitrogens with zero attached hydrogens (tertiary/aromatic N) is 3. The number of nitrogens with one attached hydrogen (secondary N) is 1. The van der Waals surface area contributed by atoms with Crippen LogP contribution in [0.25, 0.3) is 10.2 Å². The number of halogens is 1. The van der Waals surface area contributed by atoms with Crippen LogP contribution >= 0.6 is 22.9 Å². The monoisotopic (exact) mass is 494 g/mol. The number of carbonyl (C=O) groups is 1. The summed E-state index contributed by atoms with van der Waals surface area (Å²) < 4.78 is 28.6. The van der Waals surface area contributed by atoms with E-state index in [2.05, 4.69) is 10.3 Å². The Morgan fingerprint density at radius 2 is 1.97 bits per heavy atom. The van der Waals surface area contributed by atoms with Gasteiger partial charge in [-0.05, 0) is 50.5 Å². The number of thiophene rings is 1. The number of hydrogen-bond donors (Lipinski definition) is 1. The van der Waals surface area contributed by atoms with Crippen molar-refractivity contribution in [3.8, 4) is 0 Å².